The van der Waals surface area contributed by atoms with Crippen LogP contribution < -0.4 is 5.32 Å². The molecule has 6 heteroatoms. The zero-order chi connectivity index (χ0) is 14.6. The quantitative estimate of drug-likeness (QED) is 0.880. The number of aryl methyl sites for hydroxylation is 1. The van der Waals surface area contributed by atoms with Crippen LogP contribution in [0.4, 0.5) is 5.69 Å². The Labute approximate surface area is 121 Å². The predicted octanol–water partition coefficient (Wildman–Crippen LogP) is 0.984. The molecule has 0 amide bonds. The van der Waals surface area contributed by atoms with Gasteiger partial charge in [-0.15, -0.1) is 0 Å². The molecule has 0 spiro atoms. The van der Waals surface area contributed by atoms with E-state index in [1.54, 1.807) is 4.31 Å². The van der Waals surface area contributed by atoms with Crippen LogP contribution in [0.15, 0.2) is 24.3 Å². The molecule has 2 rings (SSSR count). The summed E-state index contributed by atoms with van der Waals surface area (Å²) in [4.78, 5) is 2.30. The monoisotopic (exact) mass is 297 g/mol. The van der Waals surface area contributed by atoms with Gasteiger partial charge in [0.05, 0.1) is 6.26 Å². The van der Waals surface area contributed by atoms with Gasteiger partial charge < -0.3 is 5.32 Å². The van der Waals surface area contributed by atoms with Crippen LogP contribution in [-0.2, 0) is 10.0 Å². The van der Waals surface area contributed by atoms with Gasteiger partial charge in [0, 0.05) is 45.0 Å². The smallest absolute Gasteiger partial charge is 0.211 e. The Bertz CT molecular complexity index is 537. The molecule has 0 saturated carbocycles. The van der Waals surface area contributed by atoms with E-state index in [0.717, 1.165) is 31.9 Å². The van der Waals surface area contributed by atoms with Crippen molar-refractivity contribution >= 4 is 15.7 Å². The number of nitrogens with one attached hydrogen (secondary N) is 1. The summed E-state index contributed by atoms with van der Waals surface area (Å²) in [5, 5.41) is 3.40. The van der Waals surface area contributed by atoms with Crippen molar-refractivity contribution < 1.29 is 8.42 Å². The second-order valence-electron chi connectivity index (χ2n) is 5.30. The number of benzene rings is 1. The summed E-state index contributed by atoms with van der Waals surface area (Å²) >= 11 is 0. The average molecular weight is 297 g/mol. The predicted molar refractivity (Wildman–Crippen MR) is 82.5 cm³/mol. The zero-order valence-electron chi connectivity index (χ0n) is 12.2. The lowest BCUT2D eigenvalue weighted by Gasteiger charge is -2.33. The fourth-order valence-corrected chi connectivity index (χ4v) is 3.22. The molecule has 0 aromatic heterocycles. The Morgan fingerprint density at radius 3 is 2.50 bits per heavy atom. The first-order chi connectivity index (χ1) is 9.45. The van der Waals surface area contributed by atoms with E-state index in [0.29, 0.717) is 13.1 Å². The number of hydrogen-bond acceptors (Lipinski definition) is 4. The molecule has 5 nitrogen and oxygen atoms in total. The zero-order valence-corrected chi connectivity index (χ0v) is 13.0. The van der Waals surface area contributed by atoms with Crippen LogP contribution in [0, 0.1) is 6.92 Å². The Kier molecular flexibility index (Phi) is 5.01. The van der Waals surface area contributed by atoms with Crippen LogP contribution in [0.1, 0.15) is 5.56 Å². The molecule has 1 aromatic carbocycles. The summed E-state index contributed by atoms with van der Waals surface area (Å²) in [6.45, 7) is 6.71. The lowest BCUT2D eigenvalue weighted by atomic mass is 10.2. The van der Waals surface area contributed by atoms with Crippen molar-refractivity contribution in [3.63, 3.8) is 0 Å². The first-order valence-electron chi connectivity index (χ1n) is 6.93. The summed E-state index contributed by atoms with van der Waals surface area (Å²) in [7, 11) is -3.03. The molecular weight excluding hydrogens is 274 g/mol. The molecule has 0 aliphatic carbocycles. The van der Waals surface area contributed by atoms with E-state index in [9.17, 15) is 8.42 Å². The van der Waals surface area contributed by atoms with Crippen molar-refractivity contribution in [2.45, 2.75) is 6.92 Å². The molecule has 112 valence electrons. The summed E-state index contributed by atoms with van der Waals surface area (Å²) in [6.07, 6.45) is 1.28. The minimum absolute atomic E-state index is 0.600. The Hall–Kier alpha value is -1.11. The Morgan fingerprint density at radius 1 is 1.20 bits per heavy atom. The van der Waals surface area contributed by atoms with Gasteiger partial charge in [-0.25, -0.2) is 8.42 Å². The van der Waals surface area contributed by atoms with Gasteiger partial charge >= 0.3 is 0 Å². The summed E-state index contributed by atoms with van der Waals surface area (Å²) in [6, 6.07) is 8.31. The van der Waals surface area contributed by atoms with Crippen molar-refractivity contribution in [1.82, 2.24) is 9.21 Å². The van der Waals surface area contributed by atoms with Gasteiger partial charge in [0.25, 0.3) is 0 Å². The van der Waals surface area contributed by atoms with E-state index in [1.165, 1.54) is 11.8 Å². The molecule has 1 saturated heterocycles. The Morgan fingerprint density at radius 2 is 1.90 bits per heavy atom. The summed E-state index contributed by atoms with van der Waals surface area (Å²) < 4.78 is 24.4. The highest BCUT2D eigenvalue weighted by atomic mass is 32.2. The van der Waals surface area contributed by atoms with E-state index in [2.05, 4.69) is 35.3 Å². The highest BCUT2D eigenvalue weighted by Crippen LogP contribution is 2.09. The van der Waals surface area contributed by atoms with Crippen LogP contribution in [0.2, 0.25) is 0 Å². The third-order valence-corrected chi connectivity index (χ3v) is 4.88. The lowest BCUT2D eigenvalue weighted by Crippen LogP contribution is -2.49. The minimum atomic E-state index is -3.03. The number of rotatable bonds is 5. The topological polar surface area (TPSA) is 52.6 Å². The van der Waals surface area contributed by atoms with Crippen LogP contribution in [0.25, 0.3) is 0 Å². The third-order valence-electron chi connectivity index (χ3n) is 3.58. The van der Waals surface area contributed by atoms with E-state index in [4.69, 9.17) is 0 Å². The summed E-state index contributed by atoms with van der Waals surface area (Å²) in [5.41, 5.74) is 2.39. The second kappa shape index (κ2) is 6.56. The maximum atomic E-state index is 11.4. The van der Waals surface area contributed by atoms with E-state index in [1.807, 2.05) is 6.07 Å². The van der Waals surface area contributed by atoms with Gasteiger partial charge in [-0.05, 0) is 24.6 Å². The van der Waals surface area contributed by atoms with Gasteiger partial charge in [-0.2, -0.15) is 4.31 Å². The number of piperazine rings is 1. The first kappa shape index (κ1) is 15.3. The number of hydrogen-bond donors (Lipinski definition) is 1. The maximum absolute atomic E-state index is 11.4. The van der Waals surface area contributed by atoms with E-state index < -0.39 is 10.0 Å². The normalized spacial score (nSPS) is 18.1. The number of anilines is 1. The van der Waals surface area contributed by atoms with E-state index in [-0.39, 0.29) is 0 Å². The fourth-order valence-electron chi connectivity index (χ4n) is 2.40. The van der Waals surface area contributed by atoms with Gasteiger partial charge in [0.15, 0.2) is 0 Å². The largest absolute Gasteiger partial charge is 0.384 e. The SMILES string of the molecule is Cc1cccc(NCCN2CCN(S(C)(=O)=O)CC2)c1. The van der Waals surface area contributed by atoms with Crippen molar-refractivity contribution in [2.75, 3.05) is 50.8 Å². The standard InChI is InChI=1S/C14H23N3O2S/c1-13-4-3-5-14(12-13)15-6-7-16-8-10-17(11-9-16)20(2,18)19/h3-5,12,15H,6-11H2,1-2H3. The Balaban J connectivity index is 1.71. The molecule has 1 heterocycles. The van der Waals surface area contributed by atoms with E-state index >= 15 is 0 Å². The van der Waals surface area contributed by atoms with Crippen LogP contribution >= 0.6 is 0 Å². The third kappa shape index (κ3) is 4.47. The van der Waals surface area contributed by atoms with Crippen molar-refractivity contribution in [2.24, 2.45) is 0 Å². The minimum Gasteiger partial charge on any atom is -0.384 e. The van der Waals surface area contributed by atoms with Crippen LogP contribution in [0.3, 0.4) is 0 Å². The molecule has 0 radical (unpaired) electrons. The molecule has 1 fully saturated rings. The molecule has 1 N–H and O–H groups in total. The van der Waals surface area contributed by atoms with Gasteiger partial charge in [-0.1, -0.05) is 12.1 Å². The molecule has 0 atom stereocenters. The molecular formula is C14H23N3O2S. The van der Waals surface area contributed by atoms with Crippen LogP contribution in [0.5, 0.6) is 0 Å². The molecule has 1 aromatic rings. The lowest BCUT2D eigenvalue weighted by molar-refractivity contribution is 0.195. The molecule has 0 bridgehead atoms. The second-order valence-corrected chi connectivity index (χ2v) is 7.28. The number of nitrogens with zero attached hydrogens (tertiary/aromatic N) is 2. The fraction of sp³-hybridized carbons (Fsp3) is 0.571. The van der Waals surface area contributed by atoms with Gasteiger partial charge in [0.2, 0.25) is 10.0 Å². The molecule has 20 heavy (non-hydrogen) atoms. The van der Waals surface area contributed by atoms with Crippen molar-refractivity contribution in [3.05, 3.63) is 29.8 Å². The molecule has 0 unspecified atom stereocenters. The van der Waals surface area contributed by atoms with Crippen LogP contribution in [-0.4, -0.2) is 63.1 Å². The van der Waals surface area contributed by atoms with Crippen molar-refractivity contribution in [1.29, 1.82) is 0 Å². The summed E-state index contributed by atoms with van der Waals surface area (Å²) in [5.74, 6) is 0. The first-order valence-corrected chi connectivity index (χ1v) is 8.78. The highest BCUT2D eigenvalue weighted by Gasteiger charge is 2.22. The maximum Gasteiger partial charge on any atom is 0.211 e. The van der Waals surface area contributed by atoms with Gasteiger partial charge in [0.1, 0.15) is 0 Å². The average Bonchev–Trinajstić information content (AvgIpc) is 2.38. The van der Waals surface area contributed by atoms with Gasteiger partial charge in [-0.3, -0.25) is 4.90 Å². The number of sulfonamides is 1. The van der Waals surface area contributed by atoms with Crippen molar-refractivity contribution in [3.8, 4) is 0 Å². The molecule has 1 aliphatic rings. The highest BCUT2D eigenvalue weighted by molar-refractivity contribution is 7.88. The molecule has 1 aliphatic heterocycles.